The third kappa shape index (κ3) is 2.20. The van der Waals surface area contributed by atoms with Crippen molar-refractivity contribution in [1.82, 2.24) is 9.97 Å². The maximum atomic E-state index is 10.8. The van der Waals surface area contributed by atoms with Gasteiger partial charge in [-0.1, -0.05) is 11.8 Å². The lowest BCUT2D eigenvalue weighted by Gasteiger charge is -1.91. The average Bonchev–Trinajstić information content (AvgIpc) is 2.76. The standard InChI is InChI=1S/C12H10N2O2/c1-16-11(15)4-2-3-9-7-10-5-6-13-12(10)14-8-9/h5-8H,4H2,1H3,(H,13,14). The van der Waals surface area contributed by atoms with E-state index < -0.39 is 0 Å². The van der Waals surface area contributed by atoms with E-state index in [1.165, 1.54) is 7.11 Å². The lowest BCUT2D eigenvalue weighted by atomic mass is 10.2. The highest BCUT2D eigenvalue weighted by Gasteiger charge is 1.96. The zero-order chi connectivity index (χ0) is 11.4. The van der Waals surface area contributed by atoms with Crippen LogP contribution in [0.15, 0.2) is 24.5 Å². The number of carbonyl (C=O) groups is 1. The van der Waals surface area contributed by atoms with Crippen LogP contribution in [0.3, 0.4) is 0 Å². The molecule has 4 heteroatoms. The fourth-order valence-corrected chi connectivity index (χ4v) is 1.30. The van der Waals surface area contributed by atoms with E-state index in [1.807, 2.05) is 18.3 Å². The van der Waals surface area contributed by atoms with Gasteiger partial charge in [-0.05, 0) is 12.1 Å². The summed E-state index contributed by atoms with van der Waals surface area (Å²) in [7, 11) is 1.34. The van der Waals surface area contributed by atoms with E-state index in [4.69, 9.17) is 0 Å². The van der Waals surface area contributed by atoms with Crippen molar-refractivity contribution in [2.24, 2.45) is 0 Å². The van der Waals surface area contributed by atoms with Gasteiger partial charge in [0.1, 0.15) is 12.1 Å². The minimum Gasteiger partial charge on any atom is -0.468 e. The molecule has 1 N–H and O–H groups in total. The number of hydrogen-bond donors (Lipinski definition) is 1. The van der Waals surface area contributed by atoms with Crippen molar-refractivity contribution >= 4 is 17.0 Å². The topological polar surface area (TPSA) is 55.0 Å². The second kappa shape index (κ2) is 4.49. The summed E-state index contributed by atoms with van der Waals surface area (Å²) in [4.78, 5) is 18.0. The molecule has 0 spiro atoms. The minimum absolute atomic E-state index is 0.0989. The number of H-pyrrole nitrogens is 1. The molecule has 16 heavy (non-hydrogen) atoms. The molecule has 2 aromatic rings. The van der Waals surface area contributed by atoms with Gasteiger partial charge in [-0.2, -0.15) is 0 Å². The number of methoxy groups -OCH3 is 1. The second-order valence-corrected chi connectivity index (χ2v) is 3.19. The summed E-state index contributed by atoms with van der Waals surface area (Å²) in [5, 5.41) is 1.00. The van der Waals surface area contributed by atoms with Gasteiger partial charge < -0.3 is 9.72 Å². The first-order chi connectivity index (χ1) is 7.79. The fraction of sp³-hybridized carbons (Fsp3) is 0.167. The third-order valence-electron chi connectivity index (χ3n) is 2.09. The molecule has 2 rings (SSSR count). The van der Waals surface area contributed by atoms with Crippen LogP contribution in [0.5, 0.6) is 0 Å². The summed E-state index contributed by atoms with van der Waals surface area (Å²) in [5.41, 5.74) is 1.62. The van der Waals surface area contributed by atoms with Crippen molar-refractivity contribution in [3.63, 3.8) is 0 Å². The van der Waals surface area contributed by atoms with Crippen LogP contribution in [0.25, 0.3) is 11.0 Å². The van der Waals surface area contributed by atoms with Crippen LogP contribution >= 0.6 is 0 Å². The van der Waals surface area contributed by atoms with Gasteiger partial charge in [0.15, 0.2) is 0 Å². The Morgan fingerprint density at radius 3 is 3.31 bits per heavy atom. The van der Waals surface area contributed by atoms with Crippen LogP contribution in [0.1, 0.15) is 12.0 Å². The number of nitrogens with one attached hydrogen (secondary N) is 1. The van der Waals surface area contributed by atoms with Crippen molar-refractivity contribution in [2.75, 3.05) is 7.11 Å². The number of esters is 1. The molecule has 0 amide bonds. The summed E-state index contributed by atoms with van der Waals surface area (Å²) >= 11 is 0. The number of aromatic amines is 1. The number of carbonyl (C=O) groups excluding carboxylic acids is 1. The van der Waals surface area contributed by atoms with Gasteiger partial charge in [0, 0.05) is 23.3 Å². The Morgan fingerprint density at radius 1 is 1.62 bits per heavy atom. The number of aromatic nitrogens is 2. The van der Waals surface area contributed by atoms with E-state index in [0.717, 1.165) is 16.6 Å². The van der Waals surface area contributed by atoms with Gasteiger partial charge in [0.2, 0.25) is 0 Å². The van der Waals surface area contributed by atoms with E-state index >= 15 is 0 Å². The number of rotatable bonds is 1. The van der Waals surface area contributed by atoms with Gasteiger partial charge in [-0.25, -0.2) is 4.98 Å². The zero-order valence-electron chi connectivity index (χ0n) is 8.78. The van der Waals surface area contributed by atoms with Gasteiger partial charge in [-0.3, -0.25) is 4.79 Å². The van der Waals surface area contributed by atoms with Gasteiger partial charge in [0.25, 0.3) is 0 Å². The molecule has 0 unspecified atom stereocenters. The smallest absolute Gasteiger partial charge is 0.317 e. The van der Waals surface area contributed by atoms with Crippen molar-refractivity contribution < 1.29 is 9.53 Å². The Labute approximate surface area is 92.6 Å². The van der Waals surface area contributed by atoms with Crippen LogP contribution in [-0.4, -0.2) is 23.0 Å². The first-order valence-corrected chi connectivity index (χ1v) is 4.78. The highest BCUT2D eigenvalue weighted by molar-refractivity contribution is 5.77. The van der Waals surface area contributed by atoms with Crippen molar-refractivity contribution in [2.45, 2.75) is 6.42 Å². The Kier molecular flexibility index (Phi) is 2.88. The van der Waals surface area contributed by atoms with Crippen LogP contribution in [-0.2, 0) is 9.53 Å². The summed E-state index contributed by atoms with van der Waals surface area (Å²) in [5.74, 6) is 5.27. The molecule has 0 bridgehead atoms. The molecular weight excluding hydrogens is 204 g/mol. The SMILES string of the molecule is COC(=O)CC#Cc1cnc2[nH]ccc2c1. The molecule has 0 atom stereocenters. The van der Waals surface area contributed by atoms with Gasteiger partial charge >= 0.3 is 5.97 Å². The number of hydrogen-bond acceptors (Lipinski definition) is 3. The molecule has 2 heterocycles. The normalized spacial score (nSPS) is 9.56. The Hall–Kier alpha value is -2.28. The number of fused-ring (bicyclic) bond motifs is 1. The van der Waals surface area contributed by atoms with E-state index in [1.54, 1.807) is 6.20 Å². The van der Waals surface area contributed by atoms with Gasteiger partial charge in [0.05, 0.1) is 7.11 Å². The number of nitrogens with zero attached hydrogens (tertiary/aromatic N) is 1. The largest absolute Gasteiger partial charge is 0.468 e. The van der Waals surface area contributed by atoms with Crippen molar-refractivity contribution in [3.05, 3.63) is 30.1 Å². The number of pyridine rings is 1. The van der Waals surface area contributed by atoms with E-state index in [0.29, 0.717) is 0 Å². The van der Waals surface area contributed by atoms with Crippen molar-refractivity contribution in [3.8, 4) is 11.8 Å². The molecule has 80 valence electrons. The summed E-state index contributed by atoms with van der Waals surface area (Å²) in [6.45, 7) is 0. The zero-order valence-corrected chi connectivity index (χ0v) is 8.78. The molecule has 2 aromatic heterocycles. The molecule has 0 aliphatic carbocycles. The first kappa shape index (κ1) is 10.2. The fourth-order valence-electron chi connectivity index (χ4n) is 1.30. The molecule has 4 nitrogen and oxygen atoms in total. The molecule has 0 fully saturated rings. The Balaban J connectivity index is 2.17. The van der Waals surface area contributed by atoms with Crippen LogP contribution < -0.4 is 0 Å². The van der Waals surface area contributed by atoms with Crippen molar-refractivity contribution in [1.29, 1.82) is 0 Å². The molecule has 0 saturated heterocycles. The average molecular weight is 214 g/mol. The molecule has 0 aromatic carbocycles. The maximum absolute atomic E-state index is 10.8. The van der Waals surface area contributed by atoms with Crippen LogP contribution in [0.2, 0.25) is 0 Å². The summed E-state index contributed by atoms with van der Waals surface area (Å²) < 4.78 is 4.48. The van der Waals surface area contributed by atoms with Gasteiger partial charge in [-0.15, -0.1) is 0 Å². The molecule has 0 radical (unpaired) electrons. The predicted octanol–water partition coefficient (Wildman–Crippen LogP) is 1.48. The van der Waals surface area contributed by atoms with Crippen LogP contribution in [0, 0.1) is 11.8 Å². The number of ether oxygens (including phenoxy) is 1. The Bertz CT molecular complexity index is 575. The first-order valence-electron chi connectivity index (χ1n) is 4.78. The second-order valence-electron chi connectivity index (χ2n) is 3.19. The Morgan fingerprint density at radius 2 is 2.50 bits per heavy atom. The minimum atomic E-state index is -0.330. The van der Waals surface area contributed by atoms with E-state index in [9.17, 15) is 4.79 Å². The lowest BCUT2D eigenvalue weighted by Crippen LogP contribution is -1.97. The highest BCUT2D eigenvalue weighted by Crippen LogP contribution is 2.10. The molecule has 0 aliphatic heterocycles. The predicted molar refractivity (Wildman–Crippen MR) is 59.6 cm³/mol. The highest BCUT2D eigenvalue weighted by atomic mass is 16.5. The third-order valence-corrected chi connectivity index (χ3v) is 2.09. The molecular formula is C12H10N2O2. The lowest BCUT2D eigenvalue weighted by molar-refractivity contribution is -0.139. The summed E-state index contributed by atoms with van der Waals surface area (Å²) in [6.07, 6.45) is 3.59. The quantitative estimate of drug-likeness (QED) is 0.577. The van der Waals surface area contributed by atoms with E-state index in [2.05, 4.69) is 26.5 Å². The van der Waals surface area contributed by atoms with Crippen LogP contribution in [0.4, 0.5) is 0 Å². The summed E-state index contributed by atoms with van der Waals surface area (Å²) in [6, 6.07) is 3.84. The van der Waals surface area contributed by atoms with E-state index in [-0.39, 0.29) is 12.4 Å². The monoisotopic (exact) mass is 214 g/mol. The molecule has 0 aliphatic rings. The maximum Gasteiger partial charge on any atom is 0.317 e. The molecule has 0 saturated carbocycles.